The number of carbonyl (C=O) groups excluding carboxylic acids is 1. The molecule has 0 fully saturated rings. The summed E-state index contributed by atoms with van der Waals surface area (Å²) in [5.74, 6) is -0.647. The van der Waals surface area contributed by atoms with Crippen molar-refractivity contribution in [2.45, 2.75) is 6.42 Å². The van der Waals surface area contributed by atoms with Gasteiger partial charge in [-0.1, -0.05) is 12.1 Å². The van der Waals surface area contributed by atoms with Gasteiger partial charge in [0.05, 0.1) is 13.5 Å². The molecular formula is C14H17NO4. The van der Waals surface area contributed by atoms with Crippen molar-refractivity contribution in [3.8, 4) is 5.75 Å². The molecule has 0 atom stereocenters. The van der Waals surface area contributed by atoms with Crippen LogP contribution < -0.4 is 4.74 Å². The molecule has 1 amide bonds. The van der Waals surface area contributed by atoms with E-state index >= 15 is 0 Å². The predicted molar refractivity (Wildman–Crippen MR) is 71.9 cm³/mol. The number of carbonyl (C=O) groups is 2. The fourth-order valence-electron chi connectivity index (χ4n) is 1.41. The number of hydrogen-bond acceptors (Lipinski definition) is 3. The van der Waals surface area contributed by atoms with Gasteiger partial charge in [0, 0.05) is 19.7 Å². The molecule has 0 spiro atoms. The molecule has 0 saturated heterocycles. The van der Waals surface area contributed by atoms with E-state index in [2.05, 4.69) is 0 Å². The molecule has 0 aliphatic heterocycles. The van der Waals surface area contributed by atoms with E-state index in [-0.39, 0.29) is 17.9 Å². The van der Waals surface area contributed by atoms with Crippen molar-refractivity contribution in [3.63, 3.8) is 0 Å². The highest BCUT2D eigenvalue weighted by Crippen LogP contribution is 2.15. The van der Waals surface area contributed by atoms with E-state index in [1.165, 1.54) is 11.0 Å². The van der Waals surface area contributed by atoms with Gasteiger partial charge in [-0.2, -0.15) is 0 Å². The average Bonchev–Trinajstić information content (AvgIpc) is 2.38. The third kappa shape index (κ3) is 4.46. The van der Waals surface area contributed by atoms with Crippen molar-refractivity contribution < 1.29 is 19.4 Å². The first kappa shape index (κ1) is 14.8. The van der Waals surface area contributed by atoms with E-state index in [0.29, 0.717) is 11.3 Å². The van der Waals surface area contributed by atoms with Crippen molar-refractivity contribution >= 4 is 18.0 Å². The molecule has 5 heteroatoms. The second-order valence-corrected chi connectivity index (χ2v) is 4.21. The van der Waals surface area contributed by atoms with Gasteiger partial charge < -0.3 is 14.7 Å². The number of aliphatic carboxylic acids is 1. The maximum Gasteiger partial charge on any atom is 0.332 e. The maximum absolute atomic E-state index is 11.6. The molecular weight excluding hydrogens is 246 g/mol. The van der Waals surface area contributed by atoms with Crippen LogP contribution >= 0.6 is 0 Å². The lowest BCUT2D eigenvalue weighted by molar-refractivity contribution is -0.135. The summed E-state index contributed by atoms with van der Waals surface area (Å²) in [6.45, 7) is 0. The van der Waals surface area contributed by atoms with Gasteiger partial charge in [-0.05, 0) is 23.8 Å². The predicted octanol–water partition coefficient (Wildman–Crippen LogP) is 1.64. The molecule has 19 heavy (non-hydrogen) atoms. The Morgan fingerprint density at radius 3 is 2.26 bits per heavy atom. The Balaban J connectivity index is 2.94. The Morgan fingerprint density at radius 1 is 1.26 bits per heavy atom. The SMILES string of the molecule is COc1ccc(C=C(CC(=O)N(C)C)C(=O)O)cc1. The Morgan fingerprint density at radius 2 is 1.84 bits per heavy atom. The van der Waals surface area contributed by atoms with Gasteiger partial charge >= 0.3 is 5.97 Å². The number of amides is 1. The molecule has 102 valence electrons. The third-order valence-electron chi connectivity index (χ3n) is 2.57. The van der Waals surface area contributed by atoms with Gasteiger partial charge in [-0.25, -0.2) is 4.79 Å². The molecule has 0 aliphatic rings. The number of rotatable bonds is 5. The monoisotopic (exact) mass is 263 g/mol. The highest BCUT2D eigenvalue weighted by atomic mass is 16.5. The molecule has 0 heterocycles. The van der Waals surface area contributed by atoms with Crippen molar-refractivity contribution in [2.75, 3.05) is 21.2 Å². The van der Waals surface area contributed by atoms with Gasteiger partial charge in [0.15, 0.2) is 0 Å². The second-order valence-electron chi connectivity index (χ2n) is 4.21. The Kier molecular flexibility index (Phi) is 5.11. The molecule has 1 aromatic carbocycles. The van der Waals surface area contributed by atoms with Gasteiger partial charge in [-0.3, -0.25) is 4.79 Å². The van der Waals surface area contributed by atoms with E-state index in [0.717, 1.165) is 0 Å². The van der Waals surface area contributed by atoms with E-state index in [9.17, 15) is 9.59 Å². The van der Waals surface area contributed by atoms with Crippen molar-refractivity contribution in [2.24, 2.45) is 0 Å². The number of carboxylic acid groups (broad SMARTS) is 1. The smallest absolute Gasteiger partial charge is 0.332 e. The zero-order chi connectivity index (χ0) is 14.4. The summed E-state index contributed by atoms with van der Waals surface area (Å²) in [6, 6.07) is 6.95. The Labute approximate surface area is 112 Å². The summed E-state index contributed by atoms with van der Waals surface area (Å²) in [7, 11) is 4.74. The molecule has 1 rings (SSSR count). The number of benzene rings is 1. The first-order valence-corrected chi connectivity index (χ1v) is 5.72. The summed E-state index contributed by atoms with van der Waals surface area (Å²) < 4.78 is 5.02. The summed E-state index contributed by atoms with van der Waals surface area (Å²) >= 11 is 0. The van der Waals surface area contributed by atoms with Gasteiger partial charge in [0.2, 0.25) is 5.91 Å². The van der Waals surface area contributed by atoms with Crippen LogP contribution in [0.5, 0.6) is 5.75 Å². The lowest BCUT2D eigenvalue weighted by atomic mass is 10.1. The summed E-state index contributed by atoms with van der Waals surface area (Å²) in [6.07, 6.45) is 1.36. The van der Waals surface area contributed by atoms with Gasteiger partial charge in [0.1, 0.15) is 5.75 Å². The molecule has 0 aliphatic carbocycles. The highest BCUT2D eigenvalue weighted by Gasteiger charge is 2.14. The summed E-state index contributed by atoms with van der Waals surface area (Å²) in [5, 5.41) is 9.10. The van der Waals surface area contributed by atoms with E-state index in [1.807, 2.05) is 0 Å². The maximum atomic E-state index is 11.6. The van der Waals surface area contributed by atoms with Crippen LogP contribution in [0.15, 0.2) is 29.8 Å². The minimum Gasteiger partial charge on any atom is -0.497 e. The van der Waals surface area contributed by atoms with Crippen molar-refractivity contribution in [1.82, 2.24) is 4.90 Å². The summed E-state index contributed by atoms with van der Waals surface area (Å²) in [4.78, 5) is 24.0. The normalized spacial score (nSPS) is 11.0. The fraction of sp³-hybridized carbons (Fsp3) is 0.286. The van der Waals surface area contributed by atoms with Crippen molar-refractivity contribution in [1.29, 1.82) is 0 Å². The number of ether oxygens (including phenoxy) is 1. The topological polar surface area (TPSA) is 66.8 Å². The number of hydrogen-bond donors (Lipinski definition) is 1. The lowest BCUT2D eigenvalue weighted by Crippen LogP contribution is -2.23. The number of carboxylic acids is 1. The molecule has 0 bridgehead atoms. The van der Waals surface area contributed by atoms with Gasteiger partial charge in [0.25, 0.3) is 0 Å². The second kappa shape index (κ2) is 6.58. The lowest BCUT2D eigenvalue weighted by Gasteiger charge is -2.10. The first-order valence-electron chi connectivity index (χ1n) is 5.72. The third-order valence-corrected chi connectivity index (χ3v) is 2.57. The minimum atomic E-state index is -1.09. The van der Waals surface area contributed by atoms with Crippen LogP contribution in [0.25, 0.3) is 6.08 Å². The highest BCUT2D eigenvalue weighted by molar-refractivity contribution is 5.98. The van der Waals surface area contributed by atoms with Crippen LogP contribution in [0, 0.1) is 0 Å². The standard InChI is InChI=1S/C14H17NO4/c1-15(2)13(16)9-11(14(17)18)8-10-4-6-12(19-3)7-5-10/h4-8H,9H2,1-3H3,(H,17,18). The van der Waals surface area contributed by atoms with Crippen LogP contribution in [0.3, 0.4) is 0 Å². The molecule has 1 N–H and O–H groups in total. The average molecular weight is 263 g/mol. The van der Waals surface area contributed by atoms with E-state index in [1.54, 1.807) is 45.5 Å². The first-order chi connectivity index (χ1) is 8.93. The molecule has 0 aromatic heterocycles. The molecule has 1 aromatic rings. The van der Waals surface area contributed by atoms with Crippen LogP contribution in [0.1, 0.15) is 12.0 Å². The zero-order valence-electron chi connectivity index (χ0n) is 11.2. The Bertz CT molecular complexity index is 489. The summed E-state index contributed by atoms with van der Waals surface area (Å²) in [5.41, 5.74) is 0.772. The zero-order valence-corrected chi connectivity index (χ0v) is 11.2. The van der Waals surface area contributed by atoms with Crippen LogP contribution in [-0.2, 0) is 9.59 Å². The van der Waals surface area contributed by atoms with E-state index in [4.69, 9.17) is 9.84 Å². The van der Waals surface area contributed by atoms with Crippen molar-refractivity contribution in [3.05, 3.63) is 35.4 Å². The number of methoxy groups -OCH3 is 1. The molecule has 0 unspecified atom stereocenters. The quantitative estimate of drug-likeness (QED) is 0.820. The van der Waals surface area contributed by atoms with Gasteiger partial charge in [-0.15, -0.1) is 0 Å². The molecule has 0 radical (unpaired) electrons. The Hall–Kier alpha value is -2.30. The van der Waals surface area contributed by atoms with Crippen LogP contribution in [0.2, 0.25) is 0 Å². The molecule has 5 nitrogen and oxygen atoms in total. The van der Waals surface area contributed by atoms with Crippen LogP contribution in [-0.4, -0.2) is 43.1 Å². The van der Waals surface area contributed by atoms with Crippen LogP contribution in [0.4, 0.5) is 0 Å². The molecule has 0 saturated carbocycles. The minimum absolute atomic E-state index is 0.0591. The largest absolute Gasteiger partial charge is 0.497 e. The number of nitrogens with zero attached hydrogens (tertiary/aromatic N) is 1. The fourth-order valence-corrected chi connectivity index (χ4v) is 1.41. The van der Waals surface area contributed by atoms with E-state index < -0.39 is 5.97 Å².